The average molecular weight is 550 g/mol. The second kappa shape index (κ2) is 11.4. The molecular weight excluding hydrogens is 522 g/mol. The van der Waals surface area contributed by atoms with Crippen LogP contribution < -0.4 is 15.6 Å². The molecule has 0 bridgehead atoms. The highest BCUT2D eigenvalue weighted by molar-refractivity contribution is 7.99. The van der Waals surface area contributed by atoms with Gasteiger partial charge in [-0.15, -0.1) is 11.3 Å². The van der Waals surface area contributed by atoms with Crippen molar-refractivity contribution in [1.29, 1.82) is 0 Å². The van der Waals surface area contributed by atoms with Crippen LogP contribution in [0, 0.1) is 0 Å². The van der Waals surface area contributed by atoms with Crippen molar-refractivity contribution in [2.45, 2.75) is 37.8 Å². The van der Waals surface area contributed by atoms with Crippen LogP contribution in [0.3, 0.4) is 0 Å². The highest BCUT2D eigenvalue weighted by Gasteiger charge is 2.23. The number of amides is 1. The first-order chi connectivity index (χ1) is 18.5. The van der Waals surface area contributed by atoms with Gasteiger partial charge in [0.05, 0.1) is 36.1 Å². The number of thiophene rings is 1. The number of carbonyl (C=O) groups excluding carboxylic acids is 2. The molecule has 1 aliphatic rings. The van der Waals surface area contributed by atoms with E-state index in [-0.39, 0.29) is 17.2 Å². The summed E-state index contributed by atoms with van der Waals surface area (Å²) in [5, 5.41) is 3.98. The number of esters is 1. The smallest absolute Gasteiger partial charge is 0.337 e. The van der Waals surface area contributed by atoms with Crippen LogP contribution in [0.1, 0.15) is 40.6 Å². The molecule has 0 atom stereocenters. The number of thioether (sulfide) groups is 1. The molecule has 2 aromatic carbocycles. The molecule has 38 heavy (non-hydrogen) atoms. The molecule has 0 saturated heterocycles. The number of hydrogen-bond donors (Lipinski definition) is 1. The molecule has 8 nitrogen and oxygen atoms in total. The van der Waals surface area contributed by atoms with E-state index in [0.29, 0.717) is 34.1 Å². The SMILES string of the molecule is CCOc1ccc(-n2c(SCC(=O)Nc3ccc(C(=O)OC)cc3)nc3sc4c(c3c2=O)CCCC4)cc1. The van der Waals surface area contributed by atoms with Gasteiger partial charge < -0.3 is 14.8 Å². The number of anilines is 1. The Kier molecular flexibility index (Phi) is 7.80. The zero-order chi connectivity index (χ0) is 26.6. The maximum absolute atomic E-state index is 13.9. The third-order valence-electron chi connectivity index (χ3n) is 6.29. The van der Waals surface area contributed by atoms with Crippen LogP contribution in [0.25, 0.3) is 15.9 Å². The fraction of sp³-hybridized carbons (Fsp3) is 0.286. The van der Waals surface area contributed by atoms with Crippen LogP contribution in [0.2, 0.25) is 0 Å². The number of aryl methyl sites for hydroxylation is 2. The van der Waals surface area contributed by atoms with E-state index in [2.05, 4.69) is 5.32 Å². The number of hydrogen-bond acceptors (Lipinski definition) is 8. The standard InChI is InChI=1S/C28H27N3O5S2/c1-3-36-20-14-12-19(13-15-20)31-26(33)24-21-6-4-5-7-22(21)38-25(24)30-28(31)37-16-23(32)29-18-10-8-17(9-11-18)27(34)35-2/h8-15H,3-7,16H2,1-2H3,(H,29,32). The summed E-state index contributed by atoms with van der Waals surface area (Å²) >= 11 is 2.80. The Bertz CT molecular complexity index is 1540. The molecule has 0 saturated carbocycles. The Labute approximate surface area is 228 Å². The maximum Gasteiger partial charge on any atom is 0.337 e. The first kappa shape index (κ1) is 26.0. The van der Waals surface area contributed by atoms with E-state index in [9.17, 15) is 14.4 Å². The summed E-state index contributed by atoms with van der Waals surface area (Å²) < 4.78 is 11.9. The summed E-state index contributed by atoms with van der Waals surface area (Å²) in [7, 11) is 1.32. The van der Waals surface area contributed by atoms with Crippen molar-refractivity contribution in [3.8, 4) is 11.4 Å². The van der Waals surface area contributed by atoms with Crippen LogP contribution in [-0.4, -0.2) is 40.9 Å². The van der Waals surface area contributed by atoms with Gasteiger partial charge in [0, 0.05) is 10.6 Å². The first-order valence-corrected chi connectivity index (χ1v) is 14.2. The van der Waals surface area contributed by atoms with Crippen LogP contribution in [0.15, 0.2) is 58.5 Å². The van der Waals surface area contributed by atoms with E-state index in [1.54, 1.807) is 40.2 Å². The number of fused-ring (bicyclic) bond motifs is 3. The van der Waals surface area contributed by atoms with E-state index >= 15 is 0 Å². The molecule has 0 spiro atoms. The molecule has 0 unspecified atom stereocenters. The summed E-state index contributed by atoms with van der Waals surface area (Å²) in [6, 6.07) is 13.8. The summed E-state index contributed by atoms with van der Waals surface area (Å²) in [5.41, 5.74) is 2.64. The van der Waals surface area contributed by atoms with E-state index in [0.717, 1.165) is 41.8 Å². The van der Waals surface area contributed by atoms with Crippen molar-refractivity contribution in [3.05, 3.63) is 74.9 Å². The summed E-state index contributed by atoms with van der Waals surface area (Å²) in [6.07, 6.45) is 4.05. The predicted octanol–water partition coefficient (Wildman–Crippen LogP) is 5.24. The minimum atomic E-state index is -0.442. The molecule has 0 fully saturated rings. The van der Waals surface area contributed by atoms with E-state index in [4.69, 9.17) is 14.5 Å². The van der Waals surface area contributed by atoms with Crippen molar-refractivity contribution < 1.29 is 19.1 Å². The zero-order valence-electron chi connectivity index (χ0n) is 21.1. The monoisotopic (exact) mass is 549 g/mol. The minimum absolute atomic E-state index is 0.0544. The Hall–Kier alpha value is -3.63. The van der Waals surface area contributed by atoms with Crippen molar-refractivity contribution in [1.82, 2.24) is 9.55 Å². The van der Waals surface area contributed by atoms with Crippen molar-refractivity contribution in [2.75, 3.05) is 24.8 Å². The number of methoxy groups -OCH3 is 1. The van der Waals surface area contributed by atoms with Gasteiger partial charge in [-0.1, -0.05) is 11.8 Å². The second-order valence-electron chi connectivity index (χ2n) is 8.76. The number of aromatic nitrogens is 2. The van der Waals surface area contributed by atoms with Crippen LogP contribution >= 0.6 is 23.1 Å². The van der Waals surface area contributed by atoms with Crippen molar-refractivity contribution in [3.63, 3.8) is 0 Å². The normalized spacial score (nSPS) is 12.7. The molecule has 1 aliphatic carbocycles. The van der Waals surface area contributed by atoms with E-state index in [1.165, 1.54) is 23.7 Å². The van der Waals surface area contributed by atoms with Crippen LogP contribution in [0.5, 0.6) is 5.75 Å². The summed E-state index contributed by atoms with van der Waals surface area (Å²) in [4.78, 5) is 45.2. The first-order valence-electron chi connectivity index (χ1n) is 12.4. The maximum atomic E-state index is 13.9. The fourth-order valence-electron chi connectivity index (χ4n) is 4.50. The minimum Gasteiger partial charge on any atom is -0.494 e. The van der Waals surface area contributed by atoms with Gasteiger partial charge >= 0.3 is 5.97 Å². The molecule has 5 rings (SSSR count). The Morgan fingerprint density at radius 2 is 1.82 bits per heavy atom. The molecular formula is C28H27N3O5S2. The average Bonchev–Trinajstić information content (AvgIpc) is 3.31. The molecule has 10 heteroatoms. The van der Waals surface area contributed by atoms with E-state index < -0.39 is 5.97 Å². The molecule has 4 aromatic rings. The largest absolute Gasteiger partial charge is 0.494 e. The van der Waals surface area contributed by atoms with Crippen molar-refractivity contribution in [2.24, 2.45) is 0 Å². The second-order valence-corrected chi connectivity index (χ2v) is 10.8. The van der Waals surface area contributed by atoms with Crippen LogP contribution in [0.4, 0.5) is 5.69 Å². The lowest BCUT2D eigenvalue weighted by atomic mass is 9.97. The van der Waals surface area contributed by atoms with Gasteiger partial charge in [-0.3, -0.25) is 14.2 Å². The fourth-order valence-corrected chi connectivity index (χ4v) is 6.62. The predicted molar refractivity (Wildman–Crippen MR) is 150 cm³/mol. The number of benzene rings is 2. The third kappa shape index (κ3) is 5.32. The van der Waals surface area contributed by atoms with Gasteiger partial charge in [-0.2, -0.15) is 0 Å². The summed E-state index contributed by atoms with van der Waals surface area (Å²) in [5.74, 6) is 0.0816. The van der Waals surface area contributed by atoms with Gasteiger partial charge in [0.25, 0.3) is 5.56 Å². The molecule has 2 aromatic heterocycles. The van der Waals surface area contributed by atoms with Crippen molar-refractivity contribution >= 4 is 50.9 Å². The van der Waals surface area contributed by atoms with Gasteiger partial charge in [-0.25, -0.2) is 9.78 Å². The number of nitrogens with zero attached hydrogens (tertiary/aromatic N) is 2. The molecule has 196 valence electrons. The van der Waals surface area contributed by atoms with E-state index in [1.807, 2.05) is 31.2 Å². The number of carbonyl (C=O) groups is 2. The molecule has 1 N–H and O–H groups in total. The molecule has 1 amide bonds. The lowest BCUT2D eigenvalue weighted by Gasteiger charge is -2.14. The highest BCUT2D eigenvalue weighted by atomic mass is 32.2. The number of nitrogens with one attached hydrogen (secondary N) is 1. The van der Waals surface area contributed by atoms with Gasteiger partial charge in [-0.05, 0) is 86.7 Å². The molecule has 2 heterocycles. The quantitative estimate of drug-likeness (QED) is 0.182. The Morgan fingerprint density at radius 1 is 1.08 bits per heavy atom. The number of rotatable bonds is 8. The third-order valence-corrected chi connectivity index (χ3v) is 8.41. The topological polar surface area (TPSA) is 99.5 Å². The lowest BCUT2D eigenvalue weighted by molar-refractivity contribution is -0.113. The molecule has 0 radical (unpaired) electrons. The lowest BCUT2D eigenvalue weighted by Crippen LogP contribution is -2.23. The Morgan fingerprint density at radius 3 is 2.53 bits per heavy atom. The number of ether oxygens (including phenoxy) is 2. The van der Waals surface area contributed by atoms with Crippen LogP contribution in [-0.2, 0) is 22.4 Å². The van der Waals surface area contributed by atoms with Gasteiger partial charge in [0.1, 0.15) is 10.6 Å². The zero-order valence-corrected chi connectivity index (χ0v) is 22.7. The summed E-state index contributed by atoms with van der Waals surface area (Å²) in [6.45, 7) is 2.47. The van der Waals surface area contributed by atoms with Gasteiger partial charge in [0.15, 0.2) is 5.16 Å². The van der Waals surface area contributed by atoms with Gasteiger partial charge in [0.2, 0.25) is 5.91 Å². The Balaban J connectivity index is 1.44. The molecule has 0 aliphatic heterocycles. The highest BCUT2D eigenvalue weighted by Crippen LogP contribution is 2.35.